The van der Waals surface area contributed by atoms with Gasteiger partial charge >= 0.3 is 6.18 Å². The molecule has 1 fully saturated rings. The molecule has 1 saturated heterocycles. The summed E-state index contributed by atoms with van der Waals surface area (Å²) in [5, 5.41) is 10.9. The van der Waals surface area contributed by atoms with Crippen LogP contribution in [0.2, 0.25) is 0 Å². The lowest BCUT2D eigenvalue weighted by Gasteiger charge is -2.22. The summed E-state index contributed by atoms with van der Waals surface area (Å²) in [6.07, 6.45) is -1.13. The van der Waals surface area contributed by atoms with Crippen LogP contribution in [0.5, 0.6) is 0 Å². The molecular formula is C19H20F3N5. The molecule has 8 heteroatoms. The first-order valence-corrected chi connectivity index (χ1v) is 8.99. The van der Waals surface area contributed by atoms with Gasteiger partial charge in [-0.15, -0.1) is 5.10 Å². The Morgan fingerprint density at radius 2 is 1.81 bits per heavy atom. The molecule has 1 aliphatic rings. The highest BCUT2D eigenvalue weighted by atomic mass is 19.4. The van der Waals surface area contributed by atoms with Crippen LogP contribution in [-0.2, 0) is 12.6 Å². The summed E-state index contributed by atoms with van der Waals surface area (Å²) in [4.78, 5) is 4.44. The Morgan fingerprint density at radius 3 is 2.52 bits per heavy atom. The fourth-order valence-electron chi connectivity index (χ4n) is 3.42. The van der Waals surface area contributed by atoms with E-state index >= 15 is 0 Å². The Hall–Kier alpha value is -2.61. The van der Waals surface area contributed by atoms with Crippen LogP contribution in [-0.4, -0.2) is 27.7 Å². The van der Waals surface area contributed by atoms with Crippen LogP contribution >= 0.6 is 0 Å². The molecule has 0 unspecified atom stereocenters. The smallest absolute Gasteiger partial charge is 0.323 e. The van der Waals surface area contributed by atoms with Gasteiger partial charge < -0.3 is 10.6 Å². The third-order valence-electron chi connectivity index (χ3n) is 4.86. The third-order valence-corrected chi connectivity index (χ3v) is 4.86. The quantitative estimate of drug-likeness (QED) is 0.723. The van der Waals surface area contributed by atoms with E-state index in [0.29, 0.717) is 17.6 Å². The molecule has 1 aliphatic heterocycles. The van der Waals surface area contributed by atoms with Gasteiger partial charge in [-0.1, -0.05) is 6.07 Å². The van der Waals surface area contributed by atoms with Crippen LogP contribution in [0, 0.1) is 5.92 Å². The van der Waals surface area contributed by atoms with Gasteiger partial charge in [-0.3, -0.25) is 0 Å². The summed E-state index contributed by atoms with van der Waals surface area (Å²) in [5.74, 6) is 0.986. The maximum Gasteiger partial charge on any atom is 0.416 e. The summed E-state index contributed by atoms with van der Waals surface area (Å²) < 4.78 is 39.8. The molecule has 0 bridgehead atoms. The Morgan fingerprint density at radius 1 is 1.07 bits per heavy atom. The maximum absolute atomic E-state index is 12.7. The highest BCUT2D eigenvalue weighted by Gasteiger charge is 2.30. The minimum atomic E-state index is -4.34. The average molecular weight is 375 g/mol. The van der Waals surface area contributed by atoms with E-state index in [9.17, 15) is 13.2 Å². The summed E-state index contributed by atoms with van der Waals surface area (Å²) in [5.41, 5.74) is 1.64. The van der Waals surface area contributed by atoms with Crippen LogP contribution in [0.25, 0.3) is 5.65 Å². The van der Waals surface area contributed by atoms with Crippen LogP contribution in [0.4, 0.5) is 24.8 Å². The van der Waals surface area contributed by atoms with E-state index < -0.39 is 11.7 Å². The number of fused-ring (bicyclic) bond motifs is 1. The predicted molar refractivity (Wildman–Crippen MR) is 97.0 cm³/mol. The lowest BCUT2D eigenvalue weighted by molar-refractivity contribution is -0.137. The molecule has 0 amide bonds. The van der Waals surface area contributed by atoms with Crippen LogP contribution < -0.4 is 10.6 Å². The second-order valence-corrected chi connectivity index (χ2v) is 6.82. The van der Waals surface area contributed by atoms with Gasteiger partial charge in [0.1, 0.15) is 0 Å². The van der Waals surface area contributed by atoms with E-state index in [1.54, 1.807) is 0 Å². The van der Waals surface area contributed by atoms with Crippen molar-refractivity contribution < 1.29 is 13.2 Å². The largest absolute Gasteiger partial charge is 0.416 e. The number of pyridine rings is 1. The first-order chi connectivity index (χ1) is 13.0. The standard InChI is InChI=1S/C19H20F3N5/c20-19(21,22)14-4-6-15(7-5-14)24-18-25-17-3-1-2-16(27(17)26-18)12-13-8-10-23-11-9-13/h1-7,13,23H,8-12H2,(H,24,26). The van der Waals surface area contributed by atoms with Gasteiger partial charge in [0, 0.05) is 11.4 Å². The van der Waals surface area contributed by atoms with Crippen molar-refractivity contribution in [3.63, 3.8) is 0 Å². The molecule has 1 aromatic carbocycles. The molecular weight excluding hydrogens is 355 g/mol. The molecule has 0 atom stereocenters. The molecule has 142 valence electrons. The van der Waals surface area contributed by atoms with Crippen molar-refractivity contribution in [3.8, 4) is 0 Å². The molecule has 2 N–H and O–H groups in total. The zero-order valence-corrected chi connectivity index (χ0v) is 14.6. The second-order valence-electron chi connectivity index (χ2n) is 6.82. The Kier molecular flexibility index (Phi) is 4.73. The normalized spacial score (nSPS) is 16.0. The number of hydrogen-bond acceptors (Lipinski definition) is 4. The number of anilines is 2. The molecule has 0 saturated carbocycles. The minimum absolute atomic E-state index is 0.368. The van der Waals surface area contributed by atoms with Gasteiger partial charge in [-0.05, 0) is 74.7 Å². The lowest BCUT2D eigenvalue weighted by Crippen LogP contribution is -2.29. The van der Waals surface area contributed by atoms with Gasteiger partial charge in [0.15, 0.2) is 5.65 Å². The fraction of sp³-hybridized carbons (Fsp3) is 0.368. The molecule has 3 aromatic rings. The van der Waals surface area contributed by atoms with E-state index in [-0.39, 0.29) is 0 Å². The molecule has 2 aromatic heterocycles. The van der Waals surface area contributed by atoms with E-state index in [4.69, 9.17) is 0 Å². The average Bonchev–Trinajstić information content (AvgIpc) is 3.06. The Labute approximate surface area is 154 Å². The van der Waals surface area contributed by atoms with Gasteiger partial charge in [-0.2, -0.15) is 18.2 Å². The van der Waals surface area contributed by atoms with Crippen molar-refractivity contribution in [2.24, 2.45) is 5.92 Å². The summed E-state index contributed by atoms with van der Waals surface area (Å²) in [6, 6.07) is 10.7. The fourth-order valence-corrected chi connectivity index (χ4v) is 3.42. The molecule has 0 spiro atoms. The van der Waals surface area contributed by atoms with Crippen molar-refractivity contribution in [1.82, 2.24) is 19.9 Å². The van der Waals surface area contributed by atoms with Gasteiger partial charge in [0.25, 0.3) is 0 Å². The molecule has 0 aliphatic carbocycles. The van der Waals surface area contributed by atoms with E-state index in [0.717, 1.165) is 55.8 Å². The summed E-state index contributed by atoms with van der Waals surface area (Å²) >= 11 is 0. The SMILES string of the molecule is FC(F)(F)c1ccc(Nc2nc3cccc(CC4CCNCC4)n3n2)cc1. The summed E-state index contributed by atoms with van der Waals surface area (Å²) in [6.45, 7) is 2.08. The van der Waals surface area contributed by atoms with Gasteiger partial charge in [0.05, 0.1) is 5.56 Å². The number of benzene rings is 1. The number of nitrogens with zero attached hydrogens (tertiary/aromatic N) is 3. The van der Waals surface area contributed by atoms with Gasteiger partial charge in [-0.25, -0.2) is 4.52 Å². The molecule has 5 nitrogen and oxygen atoms in total. The summed E-state index contributed by atoms with van der Waals surface area (Å²) in [7, 11) is 0. The molecule has 27 heavy (non-hydrogen) atoms. The predicted octanol–water partition coefficient (Wildman–Crippen LogP) is 4.03. The van der Waals surface area contributed by atoms with Crippen molar-refractivity contribution in [3.05, 3.63) is 53.7 Å². The first-order valence-electron chi connectivity index (χ1n) is 8.99. The number of rotatable bonds is 4. The van der Waals surface area contributed by atoms with E-state index in [1.807, 2.05) is 22.7 Å². The van der Waals surface area contributed by atoms with E-state index in [2.05, 4.69) is 20.7 Å². The van der Waals surface area contributed by atoms with Crippen LogP contribution in [0.1, 0.15) is 24.1 Å². The number of piperidine rings is 1. The number of nitrogens with one attached hydrogen (secondary N) is 2. The molecule has 4 rings (SSSR count). The highest BCUT2D eigenvalue weighted by Crippen LogP contribution is 2.30. The highest BCUT2D eigenvalue weighted by molar-refractivity contribution is 5.56. The number of halogens is 3. The maximum atomic E-state index is 12.7. The monoisotopic (exact) mass is 375 g/mol. The Balaban J connectivity index is 1.53. The number of alkyl halides is 3. The first kappa shape index (κ1) is 17.8. The van der Waals surface area contributed by atoms with Crippen molar-refractivity contribution in [1.29, 1.82) is 0 Å². The van der Waals surface area contributed by atoms with Gasteiger partial charge in [0.2, 0.25) is 5.95 Å². The van der Waals surface area contributed by atoms with Crippen LogP contribution in [0.3, 0.4) is 0 Å². The third kappa shape index (κ3) is 4.05. The van der Waals surface area contributed by atoms with Crippen molar-refractivity contribution in [2.45, 2.75) is 25.4 Å². The molecule has 3 heterocycles. The number of hydrogen-bond donors (Lipinski definition) is 2. The second kappa shape index (κ2) is 7.19. The van der Waals surface area contributed by atoms with Crippen molar-refractivity contribution >= 4 is 17.3 Å². The van der Waals surface area contributed by atoms with Crippen LogP contribution in [0.15, 0.2) is 42.5 Å². The topological polar surface area (TPSA) is 54.2 Å². The number of aromatic nitrogens is 3. The zero-order valence-electron chi connectivity index (χ0n) is 14.6. The molecule has 0 radical (unpaired) electrons. The zero-order chi connectivity index (χ0) is 18.9. The Bertz CT molecular complexity index is 911. The van der Waals surface area contributed by atoms with E-state index in [1.165, 1.54) is 12.1 Å². The lowest BCUT2D eigenvalue weighted by atomic mass is 9.93. The van der Waals surface area contributed by atoms with Crippen molar-refractivity contribution in [2.75, 3.05) is 18.4 Å². The minimum Gasteiger partial charge on any atom is -0.323 e.